The van der Waals surface area contributed by atoms with Gasteiger partial charge in [0.2, 0.25) is 0 Å². The fourth-order valence-electron chi connectivity index (χ4n) is 2.24. The molecule has 0 aliphatic carbocycles. The van der Waals surface area contributed by atoms with E-state index >= 15 is 0 Å². The number of nitrogens with two attached hydrogens (primary N) is 1. The minimum absolute atomic E-state index is 0.188. The average Bonchev–Trinajstić information content (AvgIpc) is 2.99. The van der Waals surface area contributed by atoms with Crippen molar-refractivity contribution in [3.05, 3.63) is 70.1 Å². The summed E-state index contributed by atoms with van der Waals surface area (Å²) in [6, 6.07) is 16.0. The lowest BCUT2D eigenvalue weighted by atomic mass is 10.2. The number of methoxy groups -OCH3 is 1. The van der Waals surface area contributed by atoms with Crippen LogP contribution in [0.15, 0.2) is 63.7 Å². The fraction of sp³-hybridized carbons (Fsp3) is 0.0526. The van der Waals surface area contributed by atoms with Crippen molar-refractivity contribution in [2.24, 2.45) is 0 Å². The Bertz CT molecular complexity index is 973. The summed E-state index contributed by atoms with van der Waals surface area (Å²) in [5.41, 5.74) is 7.22. The van der Waals surface area contributed by atoms with Gasteiger partial charge in [-0.05, 0) is 36.4 Å². The van der Waals surface area contributed by atoms with Crippen LogP contribution in [-0.4, -0.2) is 19.0 Å². The molecule has 0 saturated heterocycles. The van der Waals surface area contributed by atoms with E-state index in [2.05, 4.69) is 5.32 Å². The van der Waals surface area contributed by atoms with Crippen LogP contribution in [0, 0.1) is 0 Å². The maximum absolute atomic E-state index is 12.6. The highest BCUT2D eigenvalue weighted by molar-refractivity contribution is 8.01. The Morgan fingerprint density at radius 2 is 1.78 bits per heavy atom. The monoisotopic (exact) mass is 418 g/mol. The van der Waals surface area contributed by atoms with Crippen LogP contribution in [0.4, 0.5) is 11.4 Å². The number of esters is 1. The lowest BCUT2D eigenvalue weighted by Gasteiger charge is -2.08. The van der Waals surface area contributed by atoms with Crippen molar-refractivity contribution in [3.63, 3.8) is 0 Å². The van der Waals surface area contributed by atoms with Crippen molar-refractivity contribution < 1.29 is 14.3 Å². The average molecular weight is 419 g/mol. The van der Waals surface area contributed by atoms with Crippen LogP contribution in [0.1, 0.15) is 20.0 Å². The topological polar surface area (TPSA) is 81.4 Å². The quantitative estimate of drug-likeness (QED) is 0.558. The first kappa shape index (κ1) is 19.3. The van der Waals surface area contributed by atoms with Gasteiger partial charge in [-0.1, -0.05) is 41.6 Å². The van der Waals surface area contributed by atoms with Crippen LogP contribution >= 0.6 is 34.7 Å². The Labute approximate surface area is 169 Å². The van der Waals surface area contributed by atoms with Crippen LogP contribution in [0.25, 0.3) is 0 Å². The Morgan fingerprint density at radius 1 is 1.11 bits per heavy atom. The highest BCUT2D eigenvalue weighted by atomic mass is 35.5. The van der Waals surface area contributed by atoms with E-state index in [1.807, 2.05) is 18.2 Å². The number of nitrogens with one attached hydrogen (secondary N) is 1. The zero-order valence-electron chi connectivity index (χ0n) is 14.2. The Morgan fingerprint density at radius 3 is 2.41 bits per heavy atom. The minimum Gasteiger partial charge on any atom is -0.465 e. The molecule has 0 atom stereocenters. The SMILES string of the molecule is COC(=O)c1sc(Sc2ccc(Cl)cc2)c(NC(=O)c2ccccc2)c1N. The van der Waals surface area contributed by atoms with Gasteiger partial charge in [0.25, 0.3) is 5.91 Å². The summed E-state index contributed by atoms with van der Waals surface area (Å²) >= 11 is 8.48. The van der Waals surface area contributed by atoms with Gasteiger partial charge in [-0.25, -0.2) is 4.79 Å². The first-order valence-electron chi connectivity index (χ1n) is 7.80. The predicted molar refractivity (Wildman–Crippen MR) is 110 cm³/mol. The second kappa shape index (κ2) is 8.47. The Balaban J connectivity index is 1.96. The van der Waals surface area contributed by atoms with Gasteiger partial charge in [-0.15, -0.1) is 11.3 Å². The molecule has 8 heteroatoms. The third-order valence-corrected chi connectivity index (χ3v) is 6.21. The second-order valence-electron chi connectivity index (χ2n) is 5.38. The van der Waals surface area contributed by atoms with Gasteiger partial charge < -0.3 is 15.8 Å². The van der Waals surface area contributed by atoms with E-state index in [1.165, 1.54) is 30.2 Å². The Kier molecular flexibility index (Phi) is 6.05. The van der Waals surface area contributed by atoms with E-state index in [0.717, 1.165) is 4.90 Å². The van der Waals surface area contributed by atoms with Crippen molar-refractivity contribution in [3.8, 4) is 0 Å². The number of carbonyl (C=O) groups excluding carboxylic acids is 2. The second-order valence-corrected chi connectivity index (χ2v) is 8.17. The number of hydrogen-bond acceptors (Lipinski definition) is 6. The first-order chi connectivity index (χ1) is 13.0. The molecule has 2 aromatic carbocycles. The number of rotatable bonds is 5. The number of benzene rings is 2. The number of carbonyl (C=O) groups is 2. The van der Waals surface area contributed by atoms with Crippen LogP contribution in [0.3, 0.4) is 0 Å². The maximum atomic E-state index is 12.6. The molecule has 1 aromatic heterocycles. The molecule has 0 fully saturated rings. The molecule has 3 rings (SSSR count). The van der Waals surface area contributed by atoms with E-state index in [-0.39, 0.29) is 16.5 Å². The first-order valence-corrected chi connectivity index (χ1v) is 9.81. The summed E-state index contributed by atoms with van der Waals surface area (Å²) in [6.45, 7) is 0. The van der Waals surface area contributed by atoms with Gasteiger partial charge in [-0.3, -0.25) is 4.79 Å². The number of halogens is 1. The summed E-state index contributed by atoms with van der Waals surface area (Å²) in [7, 11) is 1.29. The smallest absolute Gasteiger partial charge is 0.350 e. The van der Waals surface area contributed by atoms with Gasteiger partial charge in [0, 0.05) is 15.5 Å². The minimum atomic E-state index is -0.546. The van der Waals surface area contributed by atoms with Crippen LogP contribution < -0.4 is 11.1 Å². The predicted octanol–water partition coefficient (Wildman–Crippen LogP) is 5.17. The number of nitrogen functional groups attached to an aromatic ring is 1. The molecule has 0 radical (unpaired) electrons. The molecule has 0 bridgehead atoms. The van der Waals surface area contributed by atoms with Crippen LogP contribution in [-0.2, 0) is 4.74 Å². The maximum Gasteiger partial charge on any atom is 0.350 e. The van der Waals surface area contributed by atoms with Gasteiger partial charge in [0.15, 0.2) is 0 Å². The normalized spacial score (nSPS) is 10.4. The number of amides is 1. The summed E-state index contributed by atoms with van der Waals surface area (Å²) in [4.78, 5) is 25.7. The van der Waals surface area contributed by atoms with Crippen molar-refractivity contribution in [1.29, 1.82) is 0 Å². The number of anilines is 2. The third-order valence-electron chi connectivity index (χ3n) is 3.58. The van der Waals surface area contributed by atoms with E-state index in [4.69, 9.17) is 22.1 Å². The molecule has 3 aromatic rings. The van der Waals surface area contributed by atoms with Crippen LogP contribution in [0.5, 0.6) is 0 Å². The van der Waals surface area contributed by atoms with Gasteiger partial charge in [-0.2, -0.15) is 0 Å². The van der Waals surface area contributed by atoms with Gasteiger partial charge in [0.05, 0.1) is 22.7 Å². The molecule has 0 saturated carbocycles. The molecular weight excluding hydrogens is 404 g/mol. The standard InChI is InChI=1S/C19H15ClN2O3S2/c1-25-18(24)16-14(21)15(22-17(23)11-5-3-2-4-6-11)19(27-16)26-13-9-7-12(20)8-10-13/h2-10H,21H2,1H3,(H,22,23). The zero-order chi connectivity index (χ0) is 19.4. The number of hydrogen-bond donors (Lipinski definition) is 2. The zero-order valence-corrected chi connectivity index (χ0v) is 16.6. The number of thiophene rings is 1. The van der Waals surface area contributed by atoms with E-state index in [9.17, 15) is 9.59 Å². The highest BCUT2D eigenvalue weighted by Gasteiger charge is 2.24. The van der Waals surface area contributed by atoms with Gasteiger partial charge >= 0.3 is 5.97 Å². The van der Waals surface area contributed by atoms with Crippen molar-refractivity contribution in [2.45, 2.75) is 9.10 Å². The lowest BCUT2D eigenvalue weighted by molar-refractivity contribution is 0.0607. The highest BCUT2D eigenvalue weighted by Crippen LogP contribution is 2.45. The summed E-state index contributed by atoms with van der Waals surface area (Å²) in [6.07, 6.45) is 0. The van der Waals surface area contributed by atoms with E-state index in [0.29, 0.717) is 20.5 Å². The van der Waals surface area contributed by atoms with Crippen LogP contribution in [0.2, 0.25) is 5.02 Å². The fourth-order valence-corrected chi connectivity index (χ4v) is 4.65. The number of ether oxygens (including phenoxy) is 1. The molecule has 0 aliphatic heterocycles. The molecule has 0 aliphatic rings. The molecule has 138 valence electrons. The molecule has 27 heavy (non-hydrogen) atoms. The largest absolute Gasteiger partial charge is 0.465 e. The molecular formula is C19H15ClN2O3S2. The Hall–Kier alpha value is -2.48. The van der Waals surface area contributed by atoms with E-state index < -0.39 is 5.97 Å². The van der Waals surface area contributed by atoms with Crippen molar-refractivity contribution in [1.82, 2.24) is 0 Å². The van der Waals surface area contributed by atoms with Crippen molar-refractivity contribution >= 4 is 58.0 Å². The van der Waals surface area contributed by atoms with Gasteiger partial charge in [0.1, 0.15) is 4.88 Å². The molecule has 1 amide bonds. The summed E-state index contributed by atoms with van der Waals surface area (Å²) < 4.78 is 5.47. The lowest BCUT2D eigenvalue weighted by Crippen LogP contribution is -2.13. The summed E-state index contributed by atoms with van der Waals surface area (Å²) in [5.74, 6) is -0.856. The third kappa shape index (κ3) is 4.44. The molecule has 0 spiro atoms. The molecule has 1 heterocycles. The van der Waals surface area contributed by atoms with E-state index in [1.54, 1.807) is 36.4 Å². The summed E-state index contributed by atoms with van der Waals surface area (Å²) in [5, 5.41) is 3.44. The van der Waals surface area contributed by atoms with Crippen molar-refractivity contribution in [2.75, 3.05) is 18.2 Å². The molecule has 5 nitrogen and oxygen atoms in total. The molecule has 3 N–H and O–H groups in total. The molecule has 0 unspecified atom stereocenters.